The molecule has 0 saturated heterocycles. The fourth-order valence-electron chi connectivity index (χ4n) is 3.87. The first-order valence-electron chi connectivity index (χ1n) is 14.2. The van der Waals surface area contributed by atoms with E-state index >= 15 is 0 Å². The van der Waals surface area contributed by atoms with Crippen molar-refractivity contribution >= 4 is 21.8 Å². The Hall–Kier alpha value is -3.63. The van der Waals surface area contributed by atoms with Gasteiger partial charge in [-0.3, -0.25) is 9.59 Å². The molecule has 0 radical (unpaired) electrons. The van der Waals surface area contributed by atoms with E-state index in [1.807, 2.05) is 13.8 Å². The molecule has 1 aliphatic heterocycles. The van der Waals surface area contributed by atoms with Gasteiger partial charge in [0.15, 0.2) is 11.5 Å². The highest BCUT2D eigenvalue weighted by molar-refractivity contribution is 7.89. The number of terminal acetylenes is 1. The lowest BCUT2D eigenvalue weighted by molar-refractivity contribution is -0.126. The summed E-state index contributed by atoms with van der Waals surface area (Å²) in [5, 5.41) is 19.2. The molecular weight excluding hydrogens is 572 g/mol. The van der Waals surface area contributed by atoms with Crippen LogP contribution in [0.1, 0.15) is 52.1 Å². The van der Waals surface area contributed by atoms with Crippen molar-refractivity contribution in [3.8, 4) is 24.3 Å². The molecule has 238 valence electrons. The second-order valence-electron chi connectivity index (χ2n) is 10.1. The van der Waals surface area contributed by atoms with E-state index in [0.29, 0.717) is 17.1 Å². The fraction of sp³-hybridized carbons (Fsp3) is 0.484. The van der Waals surface area contributed by atoms with Gasteiger partial charge in [0, 0.05) is 19.2 Å². The molecule has 1 aliphatic rings. The number of aliphatic hydroxyl groups is 1. The van der Waals surface area contributed by atoms with Gasteiger partial charge >= 0.3 is 0 Å². The number of sulfonamides is 1. The van der Waals surface area contributed by atoms with Gasteiger partial charge in [-0.1, -0.05) is 70.9 Å². The van der Waals surface area contributed by atoms with Gasteiger partial charge in [0.1, 0.15) is 0 Å². The average molecular weight is 619 g/mol. The Balaban J connectivity index is 0.00000142. The van der Waals surface area contributed by atoms with Crippen molar-refractivity contribution < 1.29 is 32.6 Å². The van der Waals surface area contributed by atoms with Crippen LogP contribution in [0.15, 0.2) is 53.4 Å². The molecular formula is C31H46N4O7S. The van der Waals surface area contributed by atoms with Crippen molar-refractivity contribution in [1.82, 2.24) is 20.3 Å². The molecule has 0 unspecified atom stereocenters. The monoisotopic (exact) mass is 618 g/mol. The highest BCUT2D eigenvalue weighted by atomic mass is 32.2. The number of carbonyl (C=O) groups is 2. The summed E-state index contributed by atoms with van der Waals surface area (Å²) < 4.78 is 39.0. The highest BCUT2D eigenvalue weighted by Gasteiger charge is 2.33. The van der Waals surface area contributed by atoms with Crippen LogP contribution in [0.25, 0.3) is 0 Å². The molecule has 2 aromatic carbocycles. The standard InChI is InChI=1S/C25H34N4O7S.C4H10.C2H2/c1-17(2)14-29(37(33,34)19-9-10-21-22(11-19)36-16-35-21)15-20(30)25(18-7-5-4-6-8-18)28-24(32)13-27-23(31)12-26-3;1-3-4-2;1-2/h4-11,17,20,25-26,30H,12-16H2,1-3H3,(H,27,31)(H,28,32);3-4H2,1-2H3;1-2H/t20-,25+;;/m1../s1. The summed E-state index contributed by atoms with van der Waals surface area (Å²) in [4.78, 5) is 24.3. The van der Waals surface area contributed by atoms with Crippen LogP contribution in [0.4, 0.5) is 0 Å². The minimum atomic E-state index is -4.02. The number of unbranched alkanes of at least 4 members (excludes halogenated alkanes) is 1. The predicted molar refractivity (Wildman–Crippen MR) is 167 cm³/mol. The molecule has 3 rings (SSSR count). The maximum absolute atomic E-state index is 13.6. The largest absolute Gasteiger partial charge is 0.454 e. The van der Waals surface area contributed by atoms with E-state index in [0.717, 1.165) is 0 Å². The summed E-state index contributed by atoms with van der Waals surface area (Å²) in [5.41, 5.74) is 0.592. The number of hydrogen-bond acceptors (Lipinski definition) is 8. The van der Waals surface area contributed by atoms with Crippen LogP contribution in [0.5, 0.6) is 11.5 Å². The summed E-state index contributed by atoms with van der Waals surface area (Å²) in [5.74, 6) is -0.120. The molecule has 0 spiro atoms. The maximum Gasteiger partial charge on any atom is 0.243 e. The molecule has 1 heterocycles. The van der Waals surface area contributed by atoms with Crippen molar-refractivity contribution in [2.24, 2.45) is 5.92 Å². The molecule has 12 heteroatoms. The average Bonchev–Trinajstić information content (AvgIpc) is 3.48. The van der Waals surface area contributed by atoms with Gasteiger partial charge in [0.05, 0.1) is 30.1 Å². The number of likely N-dealkylation sites (N-methyl/N-ethyl adjacent to an activating group) is 1. The summed E-state index contributed by atoms with van der Waals surface area (Å²) in [6.07, 6.45) is 9.35. The molecule has 0 saturated carbocycles. The van der Waals surface area contributed by atoms with E-state index in [9.17, 15) is 23.1 Å². The Kier molecular flexibility index (Phi) is 17.0. The minimum Gasteiger partial charge on any atom is -0.454 e. The minimum absolute atomic E-state index is 0.0112. The van der Waals surface area contributed by atoms with E-state index in [-0.39, 0.29) is 49.7 Å². The van der Waals surface area contributed by atoms with Crippen LogP contribution < -0.4 is 25.4 Å². The Morgan fingerprint density at radius 3 is 2.16 bits per heavy atom. The van der Waals surface area contributed by atoms with Crippen molar-refractivity contribution in [3.05, 3.63) is 54.1 Å². The number of nitrogens with one attached hydrogen (secondary N) is 3. The zero-order chi connectivity index (χ0) is 32.4. The lowest BCUT2D eigenvalue weighted by atomic mass is 10.0. The van der Waals surface area contributed by atoms with Gasteiger partial charge < -0.3 is 30.5 Å². The van der Waals surface area contributed by atoms with Crippen molar-refractivity contribution in [3.63, 3.8) is 0 Å². The molecule has 0 fully saturated rings. The van der Waals surface area contributed by atoms with Crippen molar-refractivity contribution in [1.29, 1.82) is 0 Å². The van der Waals surface area contributed by atoms with Crippen LogP contribution >= 0.6 is 0 Å². The number of amides is 2. The molecule has 11 nitrogen and oxygen atoms in total. The van der Waals surface area contributed by atoms with Gasteiger partial charge in [-0.25, -0.2) is 8.42 Å². The summed E-state index contributed by atoms with van der Waals surface area (Å²) in [6, 6.07) is 12.2. The third-order valence-corrected chi connectivity index (χ3v) is 7.91. The Morgan fingerprint density at radius 1 is 0.953 bits per heavy atom. The number of ether oxygens (including phenoxy) is 2. The molecule has 2 atom stereocenters. The quantitative estimate of drug-likeness (QED) is 0.237. The van der Waals surface area contributed by atoms with Crippen LogP contribution in [-0.2, 0) is 19.6 Å². The molecule has 0 aromatic heterocycles. The van der Waals surface area contributed by atoms with Gasteiger partial charge in [-0.05, 0) is 30.7 Å². The van der Waals surface area contributed by atoms with E-state index < -0.39 is 28.1 Å². The van der Waals surface area contributed by atoms with Gasteiger partial charge in [-0.15, -0.1) is 12.8 Å². The van der Waals surface area contributed by atoms with Crippen molar-refractivity contribution in [2.75, 3.05) is 40.0 Å². The first-order valence-corrected chi connectivity index (χ1v) is 15.6. The molecule has 0 bridgehead atoms. The van der Waals surface area contributed by atoms with Crippen LogP contribution in [0.3, 0.4) is 0 Å². The zero-order valence-electron chi connectivity index (χ0n) is 25.7. The second-order valence-corrected chi connectivity index (χ2v) is 12.0. The van der Waals surface area contributed by atoms with E-state index in [1.54, 1.807) is 37.4 Å². The van der Waals surface area contributed by atoms with Gasteiger partial charge in [0.2, 0.25) is 28.6 Å². The Bertz CT molecular complexity index is 1250. The SMILES string of the molecule is C#C.CCCC.CNCC(=O)NCC(=O)N[C@@H](c1ccccc1)[C@H](O)CN(CC(C)C)S(=O)(=O)c1ccc2c(c1)OCO2. The summed E-state index contributed by atoms with van der Waals surface area (Å²) >= 11 is 0. The first-order chi connectivity index (χ1) is 20.5. The summed E-state index contributed by atoms with van der Waals surface area (Å²) in [6.45, 7) is 7.75. The van der Waals surface area contributed by atoms with Gasteiger partial charge in [-0.2, -0.15) is 4.31 Å². The fourth-order valence-corrected chi connectivity index (χ4v) is 5.50. The predicted octanol–water partition coefficient (Wildman–Crippen LogP) is 2.67. The smallest absolute Gasteiger partial charge is 0.243 e. The second kappa shape index (κ2) is 19.5. The zero-order valence-corrected chi connectivity index (χ0v) is 26.5. The lowest BCUT2D eigenvalue weighted by Crippen LogP contribution is -2.48. The maximum atomic E-state index is 13.6. The molecule has 4 N–H and O–H groups in total. The highest BCUT2D eigenvalue weighted by Crippen LogP contribution is 2.35. The van der Waals surface area contributed by atoms with E-state index in [4.69, 9.17) is 9.47 Å². The number of hydrogen-bond donors (Lipinski definition) is 4. The third kappa shape index (κ3) is 12.2. The number of fused-ring (bicyclic) bond motifs is 1. The van der Waals surface area contributed by atoms with Crippen LogP contribution in [-0.4, -0.2) is 75.8 Å². The van der Waals surface area contributed by atoms with E-state index in [1.165, 1.54) is 35.3 Å². The molecule has 2 amide bonds. The number of nitrogens with zero attached hydrogens (tertiary/aromatic N) is 1. The number of aliphatic hydroxyl groups excluding tert-OH is 1. The van der Waals surface area contributed by atoms with Crippen LogP contribution in [0, 0.1) is 18.8 Å². The molecule has 43 heavy (non-hydrogen) atoms. The van der Waals surface area contributed by atoms with Crippen LogP contribution in [0.2, 0.25) is 0 Å². The van der Waals surface area contributed by atoms with Crippen molar-refractivity contribution in [2.45, 2.75) is 57.6 Å². The van der Waals surface area contributed by atoms with E-state index in [2.05, 4.69) is 42.6 Å². The normalized spacial score (nSPS) is 13.2. The molecule has 0 aliphatic carbocycles. The summed E-state index contributed by atoms with van der Waals surface area (Å²) in [7, 11) is -2.41. The third-order valence-electron chi connectivity index (χ3n) is 6.08. The topological polar surface area (TPSA) is 146 Å². The lowest BCUT2D eigenvalue weighted by Gasteiger charge is -2.31. The van der Waals surface area contributed by atoms with Gasteiger partial charge in [0.25, 0.3) is 0 Å². The Morgan fingerprint density at radius 2 is 1.58 bits per heavy atom. The first kappa shape index (κ1) is 37.4. The molecule has 2 aromatic rings. The number of carbonyl (C=O) groups excluding carboxylic acids is 2. The number of rotatable bonds is 14. The number of benzene rings is 2. The Labute approximate surface area is 256 Å².